The Kier molecular flexibility index (Phi) is 51.3. The van der Waals surface area contributed by atoms with Crippen molar-refractivity contribution in [1.82, 2.24) is 0 Å². The molecule has 0 rings (SSSR count). The van der Waals surface area contributed by atoms with Gasteiger partial charge in [-0.15, -0.1) is 0 Å². The predicted molar refractivity (Wildman–Crippen MR) is 279 cm³/mol. The fourth-order valence-corrected chi connectivity index (χ4v) is 7.88. The van der Waals surface area contributed by atoms with Crippen LogP contribution in [0, 0.1) is 0 Å². The zero-order valence-electron chi connectivity index (χ0n) is 43.0. The van der Waals surface area contributed by atoms with Crippen LogP contribution in [0.25, 0.3) is 0 Å². The van der Waals surface area contributed by atoms with Gasteiger partial charge in [-0.2, -0.15) is 0 Å². The van der Waals surface area contributed by atoms with E-state index in [4.69, 9.17) is 14.2 Å². The first-order valence-corrected chi connectivity index (χ1v) is 27.8. The summed E-state index contributed by atoms with van der Waals surface area (Å²) in [6.07, 6.45) is 66.5. The summed E-state index contributed by atoms with van der Waals surface area (Å²) in [5, 5.41) is 0. The Morgan fingerprint density at radius 1 is 0.323 bits per heavy atom. The molecule has 376 valence electrons. The minimum Gasteiger partial charge on any atom is -0.462 e. The van der Waals surface area contributed by atoms with Crippen molar-refractivity contribution in [3.63, 3.8) is 0 Å². The lowest BCUT2D eigenvalue weighted by Crippen LogP contribution is -2.30. The molecule has 0 bridgehead atoms. The van der Waals surface area contributed by atoms with E-state index in [1.54, 1.807) is 0 Å². The number of rotatable bonds is 50. The molecule has 0 aliphatic heterocycles. The first-order chi connectivity index (χ1) is 32.0. The van der Waals surface area contributed by atoms with Crippen LogP contribution in [0.2, 0.25) is 0 Å². The van der Waals surface area contributed by atoms with Crippen LogP contribution in [-0.4, -0.2) is 37.2 Å². The number of ether oxygens (including phenoxy) is 3. The second kappa shape index (κ2) is 53.7. The molecule has 0 aromatic heterocycles. The molecule has 0 heterocycles. The number of hydrogen-bond donors (Lipinski definition) is 0. The number of allylic oxidation sites excluding steroid dienone is 10. The van der Waals surface area contributed by atoms with Crippen LogP contribution >= 0.6 is 0 Å². The van der Waals surface area contributed by atoms with E-state index in [1.165, 1.54) is 141 Å². The minimum absolute atomic E-state index is 0.0745. The lowest BCUT2D eigenvalue weighted by molar-refractivity contribution is -0.167. The summed E-state index contributed by atoms with van der Waals surface area (Å²) in [7, 11) is 0. The Morgan fingerprint density at radius 3 is 0.938 bits per heavy atom. The second-order valence-electron chi connectivity index (χ2n) is 18.5. The van der Waals surface area contributed by atoms with Gasteiger partial charge in [-0.3, -0.25) is 14.4 Å². The predicted octanol–water partition coefficient (Wildman–Crippen LogP) is 18.4. The monoisotopic (exact) mass is 909 g/mol. The summed E-state index contributed by atoms with van der Waals surface area (Å²) in [6, 6.07) is 0. The van der Waals surface area contributed by atoms with Crippen molar-refractivity contribution in [2.75, 3.05) is 13.2 Å². The smallest absolute Gasteiger partial charge is 0.306 e. The minimum atomic E-state index is -0.773. The highest BCUT2D eigenvalue weighted by atomic mass is 16.6. The molecule has 0 spiro atoms. The Hall–Kier alpha value is -2.89. The highest BCUT2D eigenvalue weighted by molar-refractivity contribution is 5.71. The molecule has 0 aliphatic carbocycles. The maximum atomic E-state index is 12.8. The van der Waals surface area contributed by atoms with Crippen LogP contribution in [0.4, 0.5) is 0 Å². The lowest BCUT2D eigenvalue weighted by atomic mass is 10.0. The standard InChI is InChI=1S/C59H104O6/c1-4-7-10-13-16-19-21-23-25-27-28-29-30-31-32-33-35-36-38-40-43-46-49-52-58(61)64-55-56(54-63-57(60)51-48-45-42-18-15-12-9-6-3)65-59(62)53-50-47-44-41-39-37-34-26-24-22-20-17-14-11-8-5-2/h7,10,16,19,23,25,28-29,31-32,56H,4-6,8-9,11-15,17-18,20-22,24,26-27,30,33-55H2,1-3H3/b10-7-,19-16-,25-23-,29-28-,32-31-. The van der Waals surface area contributed by atoms with Crippen molar-refractivity contribution in [2.24, 2.45) is 0 Å². The van der Waals surface area contributed by atoms with Crippen LogP contribution in [0.15, 0.2) is 60.8 Å². The van der Waals surface area contributed by atoms with Crippen LogP contribution in [0.3, 0.4) is 0 Å². The maximum absolute atomic E-state index is 12.8. The average molecular weight is 909 g/mol. The molecule has 0 radical (unpaired) electrons. The van der Waals surface area contributed by atoms with E-state index in [-0.39, 0.29) is 31.1 Å². The third kappa shape index (κ3) is 51.9. The van der Waals surface area contributed by atoms with E-state index in [0.717, 1.165) is 96.3 Å². The number of esters is 3. The molecule has 0 aromatic rings. The van der Waals surface area contributed by atoms with Gasteiger partial charge in [0.1, 0.15) is 13.2 Å². The van der Waals surface area contributed by atoms with Gasteiger partial charge < -0.3 is 14.2 Å². The highest BCUT2D eigenvalue weighted by Gasteiger charge is 2.19. The largest absolute Gasteiger partial charge is 0.462 e. The van der Waals surface area contributed by atoms with Crippen molar-refractivity contribution in [3.05, 3.63) is 60.8 Å². The number of unbranched alkanes of at least 4 members (excludes halogenated alkanes) is 29. The normalized spacial score (nSPS) is 12.5. The van der Waals surface area contributed by atoms with Gasteiger partial charge in [-0.05, 0) is 64.2 Å². The van der Waals surface area contributed by atoms with Gasteiger partial charge in [-0.25, -0.2) is 0 Å². The van der Waals surface area contributed by atoms with Crippen LogP contribution in [0.1, 0.15) is 278 Å². The SMILES string of the molecule is CC/C=C\C/C=C\C/C=C\C/C=C\C/C=C\CCCCCCCCCC(=O)OCC(COC(=O)CCCCCCCCCC)OC(=O)CCCCCCCCCCCCCCCCCC. The summed E-state index contributed by atoms with van der Waals surface area (Å²) >= 11 is 0. The molecule has 6 heteroatoms. The molecule has 1 unspecified atom stereocenters. The topological polar surface area (TPSA) is 78.9 Å². The molecule has 0 amide bonds. The summed E-state index contributed by atoms with van der Waals surface area (Å²) < 4.78 is 16.8. The molecule has 1 atom stereocenters. The molecular weight excluding hydrogens is 805 g/mol. The Balaban J connectivity index is 4.24. The maximum Gasteiger partial charge on any atom is 0.306 e. The Morgan fingerprint density at radius 2 is 0.600 bits per heavy atom. The highest BCUT2D eigenvalue weighted by Crippen LogP contribution is 2.16. The first kappa shape index (κ1) is 62.1. The molecule has 6 nitrogen and oxygen atoms in total. The van der Waals surface area contributed by atoms with Gasteiger partial charge in [0.05, 0.1) is 0 Å². The summed E-state index contributed by atoms with van der Waals surface area (Å²) in [6.45, 7) is 6.51. The molecule has 0 aromatic carbocycles. The van der Waals surface area contributed by atoms with Crippen LogP contribution in [-0.2, 0) is 28.6 Å². The molecular formula is C59H104O6. The zero-order valence-corrected chi connectivity index (χ0v) is 43.0. The van der Waals surface area contributed by atoms with E-state index in [1.807, 2.05) is 0 Å². The molecule has 0 N–H and O–H groups in total. The van der Waals surface area contributed by atoms with E-state index >= 15 is 0 Å². The van der Waals surface area contributed by atoms with Gasteiger partial charge in [0, 0.05) is 19.3 Å². The quantitative estimate of drug-likeness (QED) is 0.0262. The van der Waals surface area contributed by atoms with Crippen molar-refractivity contribution in [1.29, 1.82) is 0 Å². The van der Waals surface area contributed by atoms with E-state index in [2.05, 4.69) is 81.5 Å². The Bertz CT molecular complexity index is 1180. The third-order valence-corrected chi connectivity index (χ3v) is 12.0. The van der Waals surface area contributed by atoms with E-state index in [9.17, 15) is 14.4 Å². The molecule has 0 fully saturated rings. The Labute approximate surface area is 402 Å². The fourth-order valence-electron chi connectivity index (χ4n) is 7.88. The van der Waals surface area contributed by atoms with Crippen LogP contribution in [0.5, 0.6) is 0 Å². The van der Waals surface area contributed by atoms with Gasteiger partial charge >= 0.3 is 17.9 Å². The first-order valence-electron chi connectivity index (χ1n) is 27.8. The zero-order chi connectivity index (χ0) is 47.2. The summed E-state index contributed by atoms with van der Waals surface area (Å²) in [5.74, 6) is -0.880. The van der Waals surface area contributed by atoms with Gasteiger partial charge in [0.25, 0.3) is 0 Å². The summed E-state index contributed by atoms with van der Waals surface area (Å²) in [4.78, 5) is 37.9. The average Bonchev–Trinajstić information content (AvgIpc) is 3.30. The second-order valence-corrected chi connectivity index (χ2v) is 18.5. The van der Waals surface area contributed by atoms with E-state index < -0.39 is 6.10 Å². The van der Waals surface area contributed by atoms with Gasteiger partial charge in [0.2, 0.25) is 0 Å². The lowest BCUT2D eigenvalue weighted by Gasteiger charge is -2.18. The summed E-state index contributed by atoms with van der Waals surface area (Å²) in [5.41, 5.74) is 0. The molecule has 65 heavy (non-hydrogen) atoms. The number of hydrogen-bond acceptors (Lipinski definition) is 6. The molecule has 0 saturated heterocycles. The van der Waals surface area contributed by atoms with E-state index in [0.29, 0.717) is 19.3 Å². The molecule has 0 saturated carbocycles. The van der Waals surface area contributed by atoms with Crippen molar-refractivity contribution in [2.45, 2.75) is 284 Å². The van der Waals surface area contributed by atoms with Crippen molar-refractivity contribution in [3.8, 4) is 0 Å². The van der Waals surface area contributed by atoms with Crippen molar-refractivity contribution >= 4 is 17.9 Å². The molecule has 0 aliphatic rings. The van der Waals surface area contributed by atoms with Gasteiger partial charge in [0.15, 0.2) is 6.10 Å². The number of carbonyl (C=O) groups excluding carboxylic acids is 3. The van der Waals surface area contributed by atoms with Gasteiger partial charge in [-0.1, -0.05) is 255 Å². The third-order valence-electron chi connectivity index (χ3n) is 12.0. The van der Waals surface area contributed by atoms with Crippen molar-refractivity contribution < 1.29 is 28.6 Å². The fraction of sp³-hybridized carbons (Fsp3) is 0.780. The van der Waals surface area contributed by atoms with Crippen LogP contribution < -0.4 is 0 Å². The number of carbonyl (C=O) groups is 3.